The number of amides is 1. The van der Waals surface area contributed by atoms with Gasteiger partial charge < -0.3 is 10.6 Å². The molecule has 0 fully saturated rings. The number of rotatable bonds is 4. The molecular weight excluding hydrogens is 406 g/mol. The predicted molar refractivity (Wildman–Crippen MR) is 123 cm³/mol. The molecule has 0 bridgehead atoms. The summed E-state index contributed by atoms with van der Waals surface area (Å²) >= 11 is 0. The Kier molecular flexibility index (Phi) is 4.67. The standard InChI is InChI=1S/C24H19N5O3/c1-15-21(23(30)25-17-9-3-2-4-10-17)22(16-8-7-11-18(14-16)29(31)32)27-24-26-19-12-5-6-13-20(19)28(15)24/h2-14,22H,1H3,(H,25,30)(H,26,27)/t22-/m1/s1. The number of hydrogen-bond acceptors (Lipinski definition) is 5. The molecule has 2 N–H and O–H groups in total. The fourth-order valence-electron chi connectivity index (χ4n) is 4.08. The molecule has 0 radical (unpaired) electrons. The molecule has 0 spiro atoms. The third kappa shape index (κ3) is 3.27. The number of para-hydroxylation sites is 3. The van der Waals surface area contributed by atoms with Crippen LogP contribution in [0.25, 0.3) is 16.7 Å². The summed E-state index contributed by atoms with van der Waals surface area (Å²) in [5.41, 5.74) is 4.06. The van der Waals surface area contributed by atoms with Crippen molar-refractivity contribution < 1.29 is 9.72 Å². The topological polar surface area (TPSA) is 102 Å². The van der Waals surface area contributed by atoms with Crippen LogP contribution in [-0.2, 0) is 4.79 Å². The van der Waals surface area contributed by atoms with Crippen molar-refractivity contribution in [2.75, 3.05) is 10.6 Å². The number of allylic oxidation sites excluding steroid dienone is 1. The van der Waals surface area contributed by atoms with E-state index in [0.717, 1.165) is 11.0 Å². The monoisotopic (exact) mass is 425 g/mol. The van der Waals surface area contributed by atoms with Crippen molar-refractivity contribution in [3.8, 4) is 0 Å². The number of aromatic nitrogens is 2. The molecule has 158 valence electrons. The highest BCUT2D eigenvalue weighted by atomic mass is 16.6. The average molecular weight is 425 g/mol. The minimum absolute atomic E-state index is 0.0381. The Morgan fingerprint density at radius 1 is 1.06 bits per heavy atom. The fourth-order valence-corrected chi connectivity index (χ4v) is 4.08. The van der Waals surface area contributed by atoms with Gasteiger partial charge in [0.2, 0.25) is 5.95 Å². The summed E-state index contributed by atoms with van der Waals surface area (Å²) in [6.45, 7) is 1.86. The number of nitro benzene ring substituents is 1. The minimum atomic E-state index is -0.608. The smallest absolute Gasteiger partial charge is 0.269 e. The Hall–Kier alpha value is -4.46. The van der Waals surface area contributed by atoms with Crippen molar-refractivity contribution in [2.45, 2.75) is 13.0 Å². The zero-order chi connectivity index (χ0) is 22.2. The first-order valence-corrected chi connectivity index (χ1v) is 10.1. The third-order valence-corrected chi connectivity index (χ3v) is 5.54. The maximum absolute atomic E-state index is 13.5. The molecule has 3 aromatic carbocycles. The second-order valence-electron chi connectivity index (χ2n) is 7.51. The summed E-state index contributed by atoms with van der Waals surface area (Å²) in [7, 11) is 0. The lowest BCUT2D eigenvalue weighted by Crippen LogP contribution is -2.30. The van der Waals surface area contributed by atoms with Gasteiger partial charge in [-0.05, 0) is 36.8 Å². The summed E-state index contributed by atoms with van der Waals surface area (Å²) in [5, 5.41) is 17.6. The molecule has 5 rings (SSSR count). The molecule has 1 atom stereocenters. The predicted octanol–water partition coefficient (Wildman–Crippen LogP) is 4.98. The Morgan fingerprint density at radius 3 is 2.59 bits per heavy atom. The highest BCUT2D eigenvalue weighted by Crippen LogP contribution is 2.39. The molecule has 32 heavy (non-hydrogen) atoms. The lowest BCUT2D eigenvalue weighted by molar-refractivity contribution is -0.384. The number of benzene rings is 3. The molecule has 0 saturated carbocycles. The molecular formula is C24H19N5O3. The summed E-state index contributed by atoms with van der Waals surface area (Å²) in [5.74, 6) is 0.289. The Labute approximate surface area is 183 Å². The number of carbonyl (C=O) groups excluding carboxylic acids is 1. The number of carbonyl (C=O) groups is 1. The number of hydrogen-bond donors (Lipinski definition) is 2. The molecule has 1 aromatic heterocycles. The van der Waals surface area contributed by atoms with Gasteiger partial charge in [0.05, 0.1) is 27.6 Å². The van der Waals surface area contributed by atoms with E-state index in [1.807, 2.05) is 66.1 Å². The van der Waals surface area contributed by atoms with E-state index in [4.69, 9.17) is 0 Å². The van der Waals surface area contributed by atoms with Gasteiger partial charge in [-0.2, -0.15) is 0 Å². The first-order valence-electron chi connectivity index (χ1n) is 10.1. The van der Waals surface area contributed by atoms with Gasteiger partial charge in [-0.15, -0.1) is 0 Å². The number of nitrogens with zero attached hydrogens (tertiary/aromatic N) is 3. The van der Waals surface area contributed by atoms with Crippen LogP contribution in [0.3, 0.4) is 0 Å². The van der Waals surface area contributed by atoms with Crippen LogP contribution in [-0.4, -0.2) is 20.4 Å². The number of imidazole rings is 1. The van der Waals surface area contributed by atoms with Gasteiger partial charge in [0.15, 0.2) is 0 Å². The highest BCUT2D eigenvalue weighted by Gasteiger charge is 2.33. The van der Waals surface area contributed by atoms with Crippen LogP contribution in [0.15, 0.2) is 84.4 Å². The fraction of sp³-hybridized carbons (Fsp3) is 0.0833. The molecule has 8 heteroatoms. The van der Waals surface area contributed by atoms with Gasteiger partial charge in [0.25, 0.3) is 11.6 Å². The summed E-state index contributed by atoms with van der Waals surface area (Å²) in [6.07, 6.45) is 0. The maximum atomic E-state index is 13.5. The van der Waals surface area contributed by atoms with E-state index >= 15 is 0 Å². The van der Waals surface area contributed by atoms with Crippen LogP contribution in [0.5, 0.6) is 0 Å². The highest BCUT2D eigenvalue weighted by molar-refractivity contribution is 6.10. The van der Waals surface area contributed by atoms with Crippen LogP contribution < -0.4 is 10.6 Å². The molecule has 1 amide bonds. The van der Waals surface area contributed by atoms with E-state index in [1.165, 1.54) is 12.1 Å². The van der Waals surface area contributed by atoms with Crippen LogP contribution in [0, 0.1) is 10.1 Å². The first-order chi connectivity index (χ1) is 15.5. The summed E-state index contributed by atoms with van der Waals surface area (Å²) in [4.78, 5) is 29.0. The zero-order valence-electron chi connectivity index (χ0n) is 17.1. The third-order valence-electron chi connectivity index (χ3n) is 5.54. The molecule has 4 aromatic rings. The largest absolute Gasteiger partial charge is 0.344 e. The van der Waals surface area contributed by atoms with Crippen LogP contribution in [0.1, 0.15) is 18.5 Å². The van der Waals surface area contributed by atoms with Crippen molar-refractivity contribution in [1.82, 2.24) is 9.55 Å². The Morgan fingerprint density at radius 2 is 1.81 bits per heavy atom. The van der Waals surface area contributed by atoms with Gasteiger partial charge in [-0.3, -0.25) is 19.5 Å². The maximum Gasteiger partial charge on any atom is 0.269 e. The SMILES string of the molecule is CC1=C(C(=O)Nc2ccccc2)[C@@H](c2cccc([N+](=O)[O-])c2)Nc2nc3ccccc3n21. The number of fused-ring (bicyclic) bond motifs is 3. The molecule has 0 unspecified atom stereocenters. The van der Waals surface area contributed by atoms with E-state index in [-0.39, 0.29) is 11.6 Å². The van der Waals surface area contributed by atoms with Gasteiger partial charge in [0.1, 0.15) is 0 Å². The van der Waals surface area contributed by atoms with Crippen molar-refractivity contribution in [3.63, 3.8) is 0 Å². The molecule has 2 heterocycles. The van der Waals surface area contributed by atoms with Crippen molar-refractivity contribution in [3.05, 3.63) is 100 Å². The van der Waals surface area contributed by atoms with E-state index in [2.05, 4.69) is 15.6 Å². The lowest BCUT2D eigenvalue weighted by Gasteiger charge is -2.30. The van der Waals surface area contributed by atoms with Gasteiger partial charge >= 0.3 is 0 Å². The van der Waals surface area contributed by atoms with Crippen LogP contribution in [0.4, 0.5) is 17.3 Å². The van der Waals surface area contributed by atoms with Crippen LogP contribution >= 0.6 is 0 Å². The number of anilines is 2. The van der Waals surface area contributed by atoms with Crippen molar-refractivity contribution in [2.24, 2.45) is 0 Å². The van der Waals surface area contributed by atoms with Crippen molar-refractivity contribution >= 4 is 40.0 Å². The van der Waals surface area contributed by atoms with Gasteiger partial charge in [-0.25, -0.2) is 4.98 Å². The van der Waals surface area contributed by atoms with E-state index in [0.29, 0.717) is 28.5 Å². The summed E-state index contributed by atoms with van der Waals surface area (Å²) in [6, 6.07) is 22.5. The van der Waals surface area contributed by atoms with E-state index < -0.39 is 11.0 Å². The molecule has 8 nitrogen and oxygen atoms in total. The number of nitro groups is 1. The molecule has 0 aliphatic carbocycles. The minimum Gasteiger partial charge on any atom is -0.344 e. The normalized spacial score (nSPS) is 15.2. The number of non-ortho nitro benzene ring substituents is 1. The molecule has 0 saturated heterocycles. The lowest BCUT2D eigenvalue weighted by atomic mass is 9.94. The van der Waals surface area contributed by atoms with E-state index in [9.17, 15) is 14.9 Å². The Balaban J connectivity index is 1.67. The van der Waals surface area contributed by atoms with Gasteiger partial charge in [-0.1, -0.05) is 42.5 Å². The quantitative estimate of drug-likeness (QED) is 0.355. The second kappa shape index (κ2) is 7.66. The second-order valence-corrected chi connectivity index (χ2v) is 7.51. The summed E-state index contributed by atoms with van der Waals surface area (Å²) < 4.78 is 1.91. The molecule has 1 aliphatic rings. The zero-order valence-corrected chi connectivity index (χ0v) is 17.1. The molecule has 1 aliphatic heterocycles. The van der Waals surface area contributed by atoms with E-state index in [1.54, 1.807) is 12.1 Å². The average Bonchev–Trinajstić information content (AvgIpc) is 3.18. The van der Waals surface area contributed by atoms with Gasteiger partial charge in [0, 0.05) is 23.5 Å². The number of nitrogens with one attached hydrogen (secondary N) is 2. The van der Waals surface area contributed by atoms with Crippen molar-refractivity contribution in [1.29, 1.82) is 0 Å². The Bertz CT molecular complexity index is 1390. The van der Waals surface area contributed by atoms with Crippen LogP contribution in [0.2, 0.25) is 0 Å². The first kappa shape index (κ1) is 19.5.